The summed E-state index contributed by atoms with van der Waals surface area (Å²) >= 11 is 0. The second kappa shape index (κ2) is 68.5. The Morgan fingerprint density at radius 1 is 0.304 bits per heavy atom. The third kappa shape index (κ3) is 55.1. The fraction of sp³-hybridized carbons (Fsp3) is 0.600. The van der Waals surface area contributed by atoms with Crippen LogP contribution in [0.1, 0.15) is 239 Å². The molecule has 42 nitrogen and oxygen atoms in total. The van der Waals surface area contributed by atoms with Gasteiger partial charge in [-0.1, -0.05) is 136 Å². The Labute approximate surface area is 808 Å². The average molecular weight is 2050 g/mol. The molecule has 6 unspecified atom stereocenters. The molecule has 8 amide bonds. The van der Waals surface area contributed by atoms with Gasteiger partial charge >= 0.3 is 0 Å². The van der Waals surface area contributed by atoms with E-state index in [1.165, 1.54) is 0 Å². The average Bonchev–Trinajstić information content (AvgIpc) is 0.806. The topological polar surface area (TPSA) is 619 Å². The zero-order valence-corrected chi connectivity index (χ0v) is 83.9. The lowest BCUT2D eigenvalue weighted by atomic mass is 10.0. The molecule has 6 atom stereocenters. The van der Waals surface area contributed by atoms with Crippen LogP contribution in [0.4, 0.5) is 11.4 Å². The molecule has 0 radical (unpaired) electrons. The summed E-state index contributed by atoms with van der Waals surface area (Å²) in [5.74, 6) is 9.86. The molecule has 138 heavy (non-hydrogen) atoms. The number of benzene rings is 4. The van der Waals surface area contributed by atoms with Gasteiger partial charge < -0.3 is 137 Å². The number of nitrogens with two attached hydrogens (primary N) is 2. The highest BCUT2D eigenvalue weighted by molar-refractivity contribution is 7.47. The molecule has 0 saturated heterocycles. The van der Waals surface area contributed by atoms with E-state index in [0.29, 0.717) is 115 Å². The number of nitrogens with zero attached hydrogens (tertiary/aromatic N) is 2. The van der Waals surface area contributed by atoms with Crippen molar-refractivity contribution in [3.63, 3.8) is 0 Å². The molecule has 2 heterocycles. The van der Waals surface area contributed by atoms with Gasteiger partial charge in [-0.3, -0.25) is 65.7 Å². The number of carbonyl (C=O) groups excluding carboxylic acids is 8. The normalized spacial score (nSPS) is 15.1. The van der Waals surface area contributed by atoms with Crippen molar-refractivity contribution in [2.45, 2.75) is 231 Å². The van der Waals surface area contributed by atoms with Crippen molar-refractivity contribution in [3.8, 4) is 23.7 Å². The lowest BCUT2D eigenvalue weighted by Gasteiger charge is -2.27. The summed E-state index contributed by atoms with van der Waals surface area (Å²) in [5, 5.41) is 15.7. The molecule has 10 N–H and O–H groups in total. The molecular formula is C90H134N10O32P6-6. The minimum Gasteiger partial charge on any atom is -0.756 e. The first kappa shape index (κ1) is 121. The molecule has 4 aromatic carbocycles. The number of fused-ring (bicyclic) bond motifs is 4. The first-order valence-electron chi connectivity index (χ1n) is 46.6. The van der Waals surface area contributed by atoms with Crippen molar-refractivity contribution in [2.75, 3.05) is 129 Å². The Hall–Kier alpha value is -7.66. The fourth-order valence-corrected chi connectivity index (χ4v) is 17.6. The molecule has 0 aromatic heterocycles. The number of unbranched alkanes of at least 4 members (excludes halogenated alkanes) is 16. The summed E-state index contributed by atoms with van der Waals surface area (Å²) in [6, 6.07) is 30.2. The molecule has 0 spiro atoms. The van der Waals surface area contributed by atoms with Crippen molar-refractivity contribution in [3.05, 3.63) is 130 Å². The van der Waals surface area contributed by atoms with Crippen LogP contribution in [0.25, 0.3) is 0 Å². The molecule has 48 heteroatoms. The van der Waals surface area contributed by atoms with Crippen molar-refractivity contribution in [1.82, 2.24) is 31.9 Å². The molecule has 0 fully saturated rings. The Bertz CT molecular complexity index is 4560. The Morgan fingerprint density at radius 2 is 0.543 bits per heavy atom. The number of nitrogens with one attached hydrogen (secondary N) is 6. The summed E-state index contributed by atoms with van der Waals surface area (Å²) in [5.41, 5.74) is 17.2. The van der Waals surface area contributed by atoms with E-state index < -0.39 is 82.8 Å². The number of amides is 8. The van der Waals surface area contributed by atoms with Gasteiger partial charge in [0.2, 0.25) is 47.3 Å². The summed E-state index contributed by atoms with van der Waals surface area (Å²) < 4.78 is 130. The molecule has 0 bridgehead atoms. The van der Waals surface area contributed by atoms with Crippen molar-refractivity contribution in [1.29, 1.82) is 0 Å². The Balaban J connectivity index is 0.000000603. The lowest BCUT2D eigenvalue weighted by molar-refractivity contribution is -0.228. The highest BCUT2D eigenvalue weighted by Crippen LogP contribution is 2.43. The smallest absolute Gasteiger partial charge is 0.267 e. The van der Waals surface area contributed by atoms with Gasteiger partial charge in [0.05, 0.1) is 77.3 Å². The first-order chi connectivity index (χ1) is 66.1. The van der Waals surface area contributed by atoms with Crippen molar-refractivity contribution >= 4 is 106 Å². The first-order valence-corrected chi connectivity index (χ1v) is 55.3. The van der Waals surface area contributed by atoms with Crippen LogP contribution in [0.3, 0.4) is 0 Å². The number of para-hydroxylation sites is 2. The Kier molecular flexibility index (Phi) is 60.0. The molecule has 0 aliphatic carbocycles. The third-order valence-electron chi connectivity index (χ3n) is 20.8. The quantitative estimate of drug-likeness (QED) is 0.0118. The predicted molar refractivity (Wildman–Crippen MR) is 501 cm³/mol. The minimum absolute atomic E-state index is 0.00882. The summed E-state index contributed by atoms with van der Waals surface area (Å²) in [6.07, 6.45) is 10.2. The molecule has 2 aliphatic heterocycles. The maximum absolute atomic E-state index is 13.4. The van der Waals surface area contributed by atoms with Crippen LogP contribution < -0.4 is 82.5 Å². The summed E-state index contributed by atoms with van der Waals surface area (Å²) in [6.45, 7) is 0.368. The second-order valence-corrected chi connectivity index (χ2v) is 40.5. The van der Waals surface area contributed by atoms with Crippen LogP contribution >= 0.6 is 46.9 Å². The zero-order chi connectivity index (χ0) is 101. The molecule has 772 valence electrons. The minimum atomic E-state index is -4.80. The molecular weight excluding hydrogens is 1920 g/mol. The number of phosphoric ester groups is 6. The monoisotopic (exact) mass is 2050 g/mol. The molecule has 4 aromatic rings. The summed E-state index contributed by atoms with van der Waals surface area (Å²) in [4.78, 5) is 177. The van der Waals surface area contributed by atoms with E-state index in [0.717, 1.165) is 86.1 Å². The van der Waals surface area contributed by atoms with Crippen LogP contribution in [0, 0.1) is 23.7 Å². The Morgan fingerprint density at radius 3 is 0.826 bits per heavy atom. The standard InChI is InChI=1S/C64H83N6O18P3.C26H57N4O14P3/c1-83-89(77,78)88-56(46-67-59(71)30-14-20-44-86-90(79,80)84-42-18-4-2-16-40-65-61(73)36-38-63(75)69-48-54-26-8-6-22-50(54)32-34-52-24-10-12-28-57(52)69)47-68-60(72)31-15-21-45-87-91(81,82)85-43-19-5-3-17-41-66-62(74)37-39-64(76)70-49-55-27-9-7-23-51(55)33-35-53-25-11-13-29-58(53)70;1-39-45(33,34)44-24(22-29-25(31)14-6-12-20-42-46(35,36)40-18-10-4-2-8-16-27)23-30-26(32)15-7-13-21-43-47(37,38)41-19-11-5-3-9-17-28/h6-13,22-29,56H,2-5,14-21,30-31,36-49H2,1H3,(H,65,73)(H,66,74)(H,67,71)(H,68,72)(H,77,78)(H,79,80)(H,81,82);24H,2-23,27-28H2,1H3,(H,29,31)(H,30,32)(H,33,34)(H,35,36)(H,37,38)/p-6. The van der Waals surface area contributed by atoms with Gasteiger partial charge in [0.25, 0.3) is 46.9 Å². The van der Waals surface area contributed by atoms with Gasteiger partial charge in [0.1, 0.15) is 12.2 Å². The molecule has 0 saturated carbocycles. The van der Waals surface area contributed by atoms with E-state index in [1.54, 1.807) is 9.80 Å². The van der Waals surface area contributed by atoms with Gasteiger partial charge in [-0.2, -0.15) is 0 Å². The third-order valence-corrected chi connectivity index (χ3v) is 26.8. The van der Waals surface area contributed by atoms with E-state index in [2.05, 4.69) is 64.6 Å². The predicted octanol–water partition coefficient (Wildman–Crippen LogP) is 7.97. The number of hydrogen-bond donors (Lipinski definition) is 8. The highest BCUT2D eigenvalue weighted by atomic mass is 31.2. The van der Waals surface area contributed by atoms with E-state index in [-0.39, 0.29) is 205 Å². The van der Waals surface area contributed by atoms with E-state index in [1.807, 2.05) is 97.1 Å². The highest BCUT2D eigenvalue weighted by Gasteiger charge is 2.27. The fourth-order valence-electron chi connectivity index (χ4n) is 13.2. The maximum atomic E-state index is 13.4. The van der Waals surface area contributed by atoms with Gasteiger partial charge in [-0.15, -0.1) is 0 Å². The van der Waals surface area contributed by atoms with Crippen LogP contribution in [0.2, 0.25) is 0 Å². The second-order valence-electron chi connectivity index (χ2n) is 32.0. The number of hydrogen-bond acceptors (Lipinski definition) is 34. The molecule has 2 aliphatic rings. The van der Waals surface area contributed by atoms with Crippen LogP contribution in [-0.2, 0) is 133 Å². The largest absolute Gasteiger partial charge is 0.756 e. The molecule has 6 rings (SSSR count). The van der Waals surface area contributed by atoms with Crippen LogP contribution in [0.5, 0.6) is 0 Å². The van der Waals surface area contributed by atoms with Gasteiger partial charge in [-0.25, -0.2) is 0 Å². The van der Waals surface area contributed by atoms with Crippen molar-refractivity contribution < 1.29 is 149 Å². The van der Waals surface area contributed by atoms with Crippen LogP contribution in [0.15, 0.2) is 97.1 Å². The van der Waals surface area contributed by atoms with E-state index in [9.17, 15) is 95.1 Å². The van der Waals surface area contributed by atoms with Gasteiger partial charge in [0, 0.05) is 127 Å². The SMILES string of the molecule is COP(=O)([O-])OC(CNC(=O)CCCCOP(=O)([O-])OCCCCCCN)CNC(=O)CCCCOP(=O)([O-])OCCCCCCN.COP(=O)([O-])OC(CNC(=O)CCCCOP(=O)([O-])OCCCCCCNC(=O)CCC(=O)N1Cc2ccccc2C#Cc2ccccc21)CNC(=O)CCCCOP(=O)([O-])OCCCCCCNC(=O)CCC(=O)N1Cc2ccccc2C#Cc2ccccc21. The number of anilines is 2. The van der Waals surface area contributed by atoms with E-state index in [4.69, 9.17) is 56.7 Å². The maximum Gasteiger partial charge on any atom is 0.267 e. The van der Waals surface area contributed by atoms with Gasteiger partial charge in [0.15, 0.2) is 0 Å². The van der Waals surface area contributed by atoms with Gasteiger partial charge in [-0.05, 0) is 163 Å². The van der Waals surface area contributed by atoms with Crippen LogP contribution in [-0.4, -0.2) is 179 Å². The number of phosphoric acid groups is 6. The summed E-state index contributed by atoms with van der Waals surface area (Å²) in [7, 11) is -25.8. The number of carbonyl (C=O) groups is 8. The number of rotatable bonds is 74. The van der Waals surface area contributed by atoms with Crippen molar-refractivity contribution in [2.24, 2.45) is 11.5 Å². The lowest BCUT2D eigenvalue weighted by Crippen LogP contribution is -2.41. The van der Waals surface area contributed by atoms with E-state index >= 15 is 0 Å². The zero-order valence-electron chi connectivity index (χ0n) is 78.5.